The summed E-state index contributed by atoms with van der Waals surface area (Å²) < 4.78 is 7.48. The molecule has 1 saturated heterocycles. The summed E-state index contributed by atoms with van der Waals surface area (Å²) in [6.07, 6.45) is 0.234. The number of nitrogens with zero attached hydrogens (tertiary/aromatic N) is 3. The molecule has 2 amide bonds. The molecule has 0 saturated carbocycles. The topological polar surface area (TPSA) is 76.5 Å². The molecular formula is C25H30N4O3. The van der Waals surface area contributed by atoms with Crippen molar-refractivity contribution in [2.45, 2.75) is 38.8 Å². The molecule has 7 heteroatoms. The summed E-state index contributed by atoms with van der Waals surface area (Å²) in [5.41, 5.74) is 2.30. The number of rotatable bonds is 4. The van der Waals surface area contributed by atoms with Crippen LogP contribution in [0.4, 0.5) is 4.79 Å². The highest BCUT2D eigenvalue weighted by Gasteiger charge is 2.35. The Morgan fingerprint density at radius 1 is 1.09 bits per heavy atom. The summed E-state index contributed by atoms with van der Waals surface area (Å²) in [5, 5.41) is 3.20. The molecule has 1 aromatic heterocycles. The number of aromatic nitrogens is 2. The average molecular weight is 435 g/mol. The number of carbonyl (C=O) groups is 2. The molecule has 1 aliphatic rings. The highest BCUT2D eigenvalue weighted by molar-refractivity contribution is 5.82. The highest BCUT2D eigenvalue weighted by atomic mass is 16.6. The predicted molar refractivity (Wildman–Crippen MR) is 123 cm³/mol. The minimum absolute atomic E-state index is 0.0861. The number of para-hydroxylation sites is 2. The maximum Gasteiger partial charge on any atom is 0.410 e. The SMILES string of the molecule is Cn1c(C(NC(=O)C2CCN(C(=O)OC(C)(C)C)C2)c2ccccc2)nc2ccccc21. The first-order chi connectivity index (χ1) is 15.2. The largest absolute Gasteiger partial charge is 0.444 e. The number of hydrogen-bond donors (Lipinski definition) is 1. The summed E-state index contributed by atoms with van der Waals surface area (Å²) >= 11 is 0. The van der Waals surface area contributed by atoms with E-state index in [0.717, 1.165) is 22.4 Å². The molecule has 1 fully saturated rings. The number of likely N-dealkylation sites (tertiary alicyclic amines) is 1. The van der Waals surface area contributed by atoms with Crippen molar-refractivity contribution >= 4 is 23.0 Å². The molecule has 7 nitrogen and oxygen atoms in total. The van der Waals surface area contributed by atoms with Crippen molar-refractivity contribution in [1.82, 2.24) is 19.8 Å². The number of benzene rings is 2. The number of hydrogen-bond acceptors (Lipinski definition) is 4. The highest BCUT2D eigenvalue weighted by Crippen LogP contribution is 2.27. The lowest BCUT2D eigenvalue weighted by Gasteiger charge is -2.24. The van der Waals surface area contributed by atoms with Gasteiger partial charge in [0.25, 0.3) is 0 Å². The molecule has 0 bridgehead atoms. The van der Waals surface area contributed by atoms with Crippen LogP contribution in [0.1, 0.15) is 44.6 Å². The van der Waals surface area contributed by atoms with E-state index < -0.39 is 11.6 Å². The summed E-state index contributed by atoms with van der Waals surface area (Å²) in [5.74, 6) is 0.396. The van der Waals surface area contributed by atoms with Gasteiger partial charge in [0, 0.05) is 20.1 Å². The van der Waals surface area contributed by atoms with Crippen molar-refractivity contribution < 1.29 is 14.3 Å². The lowest BCUT2D eigenvalue weighted by Crippen LogP contribution is -2.39. The van der Waals surface area contributed by atoms with Crippen LogP contribution >= 0.6 is 0 Å². The summed E-state index contributed by atoms with van der Waals surface area (Å²) in [6.45, 7) is 6.38. The van der Waals surface area contributed by atoms with Gasteiger partial charge < -0.3 is 19.5 Å². The smallest absolute Gasteiger partial charge is 0.410 e. The Bertz CT molecular complexity index is 1120. The van der Waals surface area contributed by atoms with Gasteiger partial charge in [-0.3, -0.25) is 4.79 Å². The van der Waals surface area contributed by atoms with Gasteiger partial charge in [-0.25, -0.2) is 9.78 Å². The predicted octanol–water partition coefficient (Wildman–Crippen LogP) is 4.04. The molecule has 0 spiro atoms. The Morgan fingerprint density at radius 3 is 2.47 bits per heavy atom. The fraction of sp³-hybridized carbons (Fsp3) is 0.400. The molecule has 3 aromatic rings. The van der Waals surface area contributed by atoms with Crippen molar-refractivity contribution in [3.05, 3.63) is 66.0 Å². The second-order valence-electron chi connectivity index (χ2n) is 9.28. The molecule has 0 aliphatic carbocycles. The third-order valence-electron chi connectivity index (χ3n) is 5.71. The zero-order valence-corrected chi connectivity index (χ0v) is 19.0. The van der Waals surface area contributed by atoms with Gasteiger partial charge in [-0.15, -0.1) is 0 Å². The van der Waals surface area contributed by atoms with Gasteiger partial charge in [-0.05, 0) is 44.9 Å². The Balaban J connectivity index is 1.55. The normalized spacial score (nSPS) is 17.4. The van der Waals surface area contributed by atoms with Crippen molar-refractivity contribution in [3.63, 3.8) is 0 Å². The van der Waals surface area contributed by atoms with Crippen LogP contribution in [0, 0.1) is 5.92 Å². The van der Waals surface area contributed by atoms with E-state index in [2.05, 4.69) is 5.32 Å². The van der Waals surface area contributed by atoms with Gasteiger partial charge in [0.1, 0.15) is 17.5 Å². The van der Waals surface area contributed by atoms with Crippen LogP contribution in [0.2, 0.25) is 0 Å². The zero-order chi connectivity index (χ0) is 22.9. The van der Waals surface area contributed by atoms with Gasteiger partial charge in [0.05, 0.1) is 17.0 Å². The van der Waals surface area contributed by atoms with Gasteiger partial charge in [-0.2, -0.15) is 0 Å². The van der Waals surface area contributed by atoms with E-state index in [-0.39, 0.29) is 17.9 Å². The number of carbonyl (C=O) groups excluding carboxylic acids is 2. The Hall–Kier alpha value is -3.35. The molecular weight excluding hydrogens is 404 g/mol. The molecule has 32 heavy (non-hydrogen) atoms. The van der Waals surface area contributed by atoms with Crippen molar-refractivity contribution in [2.75, 3.05) is 13.1 Å². The van der Waals surface area contributed by atoms with E-state index in [4.69, 9.17) is 9.72 Å². The first-order valence-corrected chi connectivity index (χ1v) is 11.0. The maximum atomic E-state index is 13.3. The summed E-state index contributed by atoms with van der Waals surface area (Å²) in [4.78, 5) is 32.1. The lowest BCUT2D eigenvalue weighted by molar-refractivity contribution is -0.125. The van der Waals surface area contributed by atoms with Crippen molar-refractivity contribution in [2.24, 2.45) is 13.0 Å². The van der Waals surface area contributed by atoms with E-state index in [9.17, 15) is 9.59 Å². The Morgan fingerprint density at radius 2 is 1.78 bits per heavy atom. The molecule has 2 atom stereocenters. The van der Waals surface area contributed by atoms with Crippen molar-refractivity contribution in [1.29, 1.82) is 0 Å². The van der Waals surface area contributed by atoms with E-state index in [1.807, 2.05) is 87.0 Å². The third kappa shape index (κ3) is 4.61. The molecule has 2 unspecified atom stereocenters. The first kappa shape index (κ1) is 21.9. The number of nitrogens with one attached hydrogen (secondary N) is 1. The second kappa shape index (κ2) is 8.65. The number of fused-ring (bicyclic) bond motifs is 1. The number of amides is 2. The van der Waals surface area contributed by atoms with Gasteiger partial charge in [0.15, 0.2) is 0 Å². The van der Waals surface area contributed by atoms with E-state index in [1.54, 1.807) is 4.90 Å². The average Bonchev–Trinajstić information content (AvgIpc) is 3.37. The molecule has 1 aliphatic heterocycles. The molecule has 0 radical (unpaired) electrons. The second-order valence-corrected chi connectivity index (χ2v) is 9.28. The number of imidazole rings is 1. The van der Waals surface area contributed by atoms with E-state index in [0.29, 0.717) is 19.5 Å². The van der Waals surface area contributed by atoms with Gasteiger partial charge in [0.2, 0.25) is 5.91 Å². The number of aryl methyl sites for hydroxylation is 1. The summed E-state index contributed by atoms with van der Waals surface area (Å²) in [6, 6.07) is 17.4. The van der Waals surface area contributed by atoms with Gasteiger partial charge >= 0.3 is 6.09 Å². The van der Waals surface area contributed by atoms with Crippen LogP contribution in [0.3, 0.4) is 0 Å². The number of ether oxygens (including phenoxy) is 1. The minimum Gasteiger partial charge on any atom is -0.444 e. The fourth-order valence-electron chi connectivity index (χ4n) is 4.09. The molecule has 4 rings (SSSR count). The third-order valence-corrected chi connectivity index (χ3v) is 5.71. The Kier molecular flexibility index (Phi) is 5.91. The van der Waals surface area contributed by atoms with Crippen molar-refractivity contribution in [3.8, 4) is 0 Å². The van der Waals surface area contributed by atoms with Crippen LogP contribution in [0.5, 0.6) is 0 Å². The molecule has 2 aromatic carbocycles. The fourth-order valence-corrected chi connectivity index (χ4v) is 4.09. The maximum absolute atomic E-state index is 13.3. The minimum atomic E-state index is -0.559. The van der Waals surface area contributed by atoms with Crippen LogP contribution in [0.15, 0.2) is 54.6 Å². The van der Waals surface area contributed by atoms with Crippen LogP contribution in [-0.2, 0) is 16.6 Å². The quantitative estimate of drug-likeness (QED) is 0.673. The zero-order valence-electron chi connectivity index (χ0n) is 19.0. The van der Waals surface area contributed by atoms with Crippen LogP contribution in [0.25, 0.3) is 11.0 Å². The van der Waals surface area contributed by atoms with Crippen LogP contribution in [-0.4, -0.2) is 45.1 Å². The Labute approximate surface area is 188 Å². The molecule has 168 valence electrons. The standard InChI is InChI=1S/C25H30N4O3/c1-25(2,3)32-24(31)29-15-14-18(16-29)23(30)27-21(17-10-6-5-7-11-17)22-26-19-12-8-9-13-20(19)28(22)4/h5-13,18,21H,14-16H2,1-4H3,(H,27,30). The van der Waals surface area contributed by atoms with E-state index in [1.165, 1.54) is 0 Å². The monoisotopic (exact) mass is 434 g/mol. The van der Waals surface area contributed by atoms with Gasteiger partial charge in [-0.1, -0.05) is 42.5 Å². The summed E-state index contributed by atoms with van der Waals surface area (Å²) in [7, 11) is 1.96. The van der Waals surface area contributed by atoms with Crippen LogP contribution < -0.4 is 5.32 Å². The van der Waals surface area contributed by atoms with E-state index >= 15 is 0 Å². The lowest BCUT2D eigenvalue weighted by atomic mass is 10.0. The molecule has 2 heterocycles. The molecule has 1 N–H and O–H groups in total. The first-order valence-electron chi connectivity index (χ1n) is 11.0.